The smallest absolute Gasteiger partial charge is 0.326 e. The summed E-state index contributed by atoms with van der Waals surface area (Å²) in [7, 11) is -4.18. The fourth-order valence-corrected chi connectivity index (χ4v) is 3.80. The highest BCUT2D eigenvalue weighted by atomic mass is 32.2. The molecule has 0 saturated heterocycles. The third-order valence-corrected chi connectivity index (χ3v) is 5.62. The van der Waals surface area contributed by atoms with Crippen LogP contribution in [0.5, 0.6) is 0 Å². The van der Waals surface area contributed by atoms with Crippen molar-refractivity contribution in [2.75, 3.05) is 10.0 Å². The van der Waals surface area contributed by atoms with Gasteiger partial charge in [-0.25, -0.2) is 17.2 Å². The van der Waals surface area contributed by atoms with E-state index in [1.165, 1.54) is 36.4 Å². The van der Waals surface area contributed by atoms with Gasteiger partial charge in [-0.05, 0) is 54.1 Å². The zero-order chi connectivity index (χ0) is 23.5. The molecule has 0 heterocycles. The minimum absolute atomic E-state index is 0.0885. The number of rotatable bonds is 6. The molecular formula is C21H15F5N2O3S. The minimum Gasteiger partial charge on any atom is -0.326 e. The second kappa shape index (κ2) is 8.95. The first kappa shape index (κ1) is 23.2. The molecule has 0 atom stereocenters. The third-order valence-electron chi connectivity index (χ3n) is 4.24. The largest absolute Gasteiger partial charge is 0.416 e. The molecule has 0 aliphatic heterocycles. The van der Waals surface area contributed by atoms with Crippen molar-refractivity contribution in [2.24, 2.45) is 0 Å². The quantitative estimate of drug-likeness (QED) is 0.500. The normalized spacial score (nSPS) is 11.8. The number of nitrogens with one attached hydrogen (secondary N) is 2. The van der Waals surface area contributed by atoms with E-state index in [0.29, 0.717) is 12.1 Å². The van der Waals surface area contributed by atoms with Gasteiger partial charge in [-0.1, -0.05) is 18.2 Å². The summed E-state index contributed by atoms with van der Waals surface area (Å²) in [5, 5.41) is 2.50. The predicted octanol–water partition coefficient (Wildman–Crippen LogP) is 4.97. The molecule has 0 spiro atoms. The van der Waals surface area contributed by atoms with Crippen molar-refractivity contribution < 1.29 is 35.2 Å². The number of alkyl halides is 3. The highest BCUT2D eigenvalue weighted by Crippen LogP contribution is 2.29. The summed E-state index contributed by atoms with van der Waals surface area (Å²) in [6.45, 7) is 0. The van der Waals surface area contributed by atoms with E-state index in [9.17, 15) is 35.2 Å². The van der Waals surface area contributed by atoms with Gasteiger partial charge in [0.05, 0.1) is 16.9 Å². The summed E-state index contributed by atoms with van der Waals surface area (Å²) in [5.74, 6) is -3.07. The number of benzene rings is 3. The zero-order valence-electron chi connectivity index (χ0n) is 16.1. The molecule has 0 aliphatic rings. The van der Waals surface area contributed by atoms with Crippen molar-refractivity contribution in [3.05, 3.63) is 89.5 Å². The van der Waals surface area contributed by atoms with Gasteiger partial charge in [-0.15, -0.1) is 0 Å². The molecule has 2 N–H and O–H groups in total. The monoisotopic (exact) mass is 470 g/mol. The maximum absolute atomic E-state index is 13.3. The molecule has 1 amide bonds. The van der Waals surface area contributed by atoms with Gasteiger partial charge in [-0.2, -0.15) is 13.2 Å². The van der Waals surface area contributed by atoms with Gasteiger partial charge in [0, 0.05) is 11.4 Å². The van der Waals surface area contributed by atoms with Crippen LogP contribution in [0.1, 0.15) is 11.1 Å². The molecule has 5 nitrogen and oxygen atoms in total. The average molecular weight is 470 g/mol. The minimum atomic E-state index is -4.52. The molecule has 3 rings (SSSR count). The molecule has 0 aromatic heterocycles. The Bertz CT molecular complexity index is 1240. The molecule has 0 bridgehead atoms. The first-order chi connectivity index (χ1) is 14.9. The molecule has 0 saturated carbocycles. The standard InChI is InChI=1S/C21H15F5N2O3S/c22-18-9-8-17(12-19(18)23)32(30,31)28-16-6-4-15(5-7-16)27-20(29)11-13-2-1-3-14(10-13)21(24,25)26/h1-10,12,28H,11H2,(H,27,29). The van der Waals surface area contributed by atoms with E-state index >= 15 is 0 Å². The summed E-state index contributed by atoms with van der Waals surface area (Å²) in [6.07, 6.45) is -4.82. The first-order valence-electron chi connectivity index (χ1n) is 8.98. The first-order valence-corrected chi connectivity index (χ1v) is 10.5. The Balaban J connectivity index is 1.64. The molecule has 168 valence electrons. The zero-order valence-corrected chi connectivity index (χ0v) is 16.9. The number of amides is 1. The fourth-order valence-electron chi connectivity index (χ4n) is 2.73. The van der Waals surface area contributed by atoms with Gasteiger partial charge < -0.3 is 5.32 Å². The highest BCUT2D eigenvalue weighted by Gasteiger charge is 2.30. The molecule has 11 heteroatoms. The Morgan fingerprint density at radius 2 is 1.50 bits per heavy atom. The fraction of sp³-hybridized carbons (Fsp3) is 0.0952. The van der Waals surface area contributed by atoms with E-state index < -0.39 is 44.2 Å². The maximum atomic E-state index is 13.3. The number of hydrogen-bond acceptors (Lipinski definition) is 3. The van der Waals surface area contributed by atoms with E-state index in [1.807, 2.05) is 0 Å². The van der Waals surface area contributed by atoms with E-state index in [0.717, 1.165) is 18.2 Å². The number of hydrogen-bond donors (Lipinski definition) is 2. The molecular weight excluding hydrogens is 455 g/mol. The van der Waals surface area contributed by atoms with Gasteiger partial charge in [0.25, 0.3) is 10.0 Å². The molecule has 3 aromatic rings. The molecule has 0 radical (unpaired) electrons. The second-order valence-corrected chi connectivity index (χ2v) is 8.36. The van der Waals surface area contributed by atoms with E-state index in [2.05, 4.69) is 10.0 Å². The number of halogens is 5. The van der Waals surface area contributed by atoms with Crippen LogP contribution in [0.4, 0.5) is 33.3 Å². The lowest BCUT2D eigenvalue weighted by atomic mass is 10.1. The number of carbonyl (C=O) groups excluding carboxylic acids is 1. The lowest BCUT2D eigenvalue weighted by Crippen LogP contribution is -2.15. The summed E-state index contributed by atoms with van der Waals surface area (Å²) in [5.41, 5.74) is -0.322. The van der Waals surface area contributed by atoms with E-state index in [4.69, 9.17) is 0 Å². The van der Waals surface area contributed by atoms with Gasteiger partial charge in [-0.3, -0.25) is 9.52 Å². The Hall–Kier alpha value is -3.47. The Kier molecular flexibility index (Phi) is 6.49. The van der Waals surface area contributed by atoms with Crippen LogP contribution < -0.4 is 10.0 Å². The number of anilines is 2. The Morgan fingerprint density at radius 3 is 2.12 bits per heavy atom. The van der Waals surface area contributed by atoms with Crippen molar-refractivity contribution in [2.45, 2.75) is 17.5 Å². The van der Waals surface area contributed by atoms with E-state index in [-0.39, 0.29) is 23.4 Å². The maximum Gasteiger partial charge on any atom is 0.416 e. The second-order valence-electron chi connectivity index (χ2n) is 6.68. The molecule has 3 aromatic carbocycles. The summed E-state index contributed by atoms with van der Waals surface area (Å²) in [4.78, 5) is 11.7. The van der Waals surface area contributed by atoms with Crippen molar-refractivity contribution in [3.8, 4) is 0 Å². The number of sulfonamides is 1. The van der Waals surface area contributed by atoms with Gasteiger partial charge in [0.15, 0.2) is 11.6 Å². The summed E-state index contributed by atoms with van der Waals surface area (Å²) >= 11 is 0. The van der Waals surface area contributed by atoms with Crippen LogP contribution in [0.15, 0.2) is 71.6 Å². The SMILES string of the molecule is O=C(Cc1cccc(C(F)(F)F)c1)Nc1ccc(NS(=O)(=O)c2ccc(F)c(F)c2)cc1. The van der Waals surface area contributed by atoms with E-state index in [1.54, 1.807) is 0 Å². The Labute approximate surface area is 179 Å². The number of carbonyl (C=O) groups is 1. The molecule has 0 fully saturated rings. The lowest BCUT2D eigenvalue weighted by molar-refractivity contribution is -0.137. The predicted molar refractivity (Wildman–Crippen MR) is 107 cm³/mol. The van der Waals surface area contributed by atoms with Crippen molar-refractivity contribution in [1.82, 2.24) is 0 Å². The van der Waals surface area contributed by atoms with Crippen LogP contribution in [-0.4, -0.2) is 14.3 Å². The topological polar surface area (TPSA) is 75.3 Å². The van der Waals surface area contributed by atoms with Gasteiger partial charge in [0.1, 0.15) is 0 Å². The third kappa shape index (κ3) is 5.82. The molecule has 32 heavy (non-hydrogen) atoms. The van der Waals surface area contributed by atoms with Crippen LogP contribution >= 0.6 is 0 Å². The lowest BCUT2D eigenvalue weighted by Gasteiger charge is -2.11. The highest BCUT2D eigenvalue weighted by molar-refractivity contribution is 7.92. The van der Waals surface area contributed by atoms with Gasteiger partial charge in [0.2, 0.25) is 5.91 Å². The average Bonchev–Trinajstić information content (AvgIpc) is 2.71. The van der Waals surface area contributed by atoms with Crippen molar-refractivity contribution >= 4 is 27.3 Å². The van der Waals surface area contributed by atoms with Crippen LogP contribution in [0.2, 0.25) is 0 Å². The summed E-state index contributed by atoms with van der Waals surface area (Å²) < 4.78 is 91.3. The molecule has 0 unspecified atom stereocenters. The summed E-state index contributed by atoms with van der Waals surface area (Å²) in [6, 6.07) is 11.9. The van der Waals surface area contributed by atoms with Crippen LogP contribution in [0, 0.1) is 11.6 Å². The van der Waals surface area contributed by atoms with Crippen LogP contribution in [-0.2, 0) is 27.4 Å². The Morgan fingerprint density at radius 1 is 0.844 bits per heavy atom. The van der Waals surface area contributed by atoms with Gasteiger partial charge >= 0.3 is 6.18 Å². The van der Waals surface area contributed by atoms with Crippen LogP contribution in [0.25, 0.3) is 0 Å². The van der Waals surface area contributed by atoms with Crippen LogP contribution in [0.3, 0.4) is 0 Å². The molecule has 0 aliphatic carbocycles. The van der Waals surface area contributed by atoms with Crippen molar-refractivity contribution in [1.29, 1.82) is 0 Å². The van der Waals surface area contributed by atoms with Crippen molar-refractivity contribution in [3.63, 3.8) is 0 Å².